The average molecular weight is 352 g/mol. The smallest absolute Gasteiger partial charge is 0.334 e. The summed E-state index contributed by atoms with van der Waals surface area (Å²) < 4.78 is 10.6. The Morgan fingerprint density at radius 3 is 2.81 bits per heavy atom. The Bertz CT molecular complexity index is 967. The monoisotopic (exact) mass is 352 g/mol. The van der Waals surface area contributed by atoms with Crippen LogP contribution in [0, 0.1) is 0 Å². The van der Waals surface area contributed by atoms with E-state index in [-0.39, 0.29) is 19.1 Å². The van der Waals surface area contributed by atoms with Crippen molar-refractivity contribution in [1.29, 1.82) is 0 Å². The molecule has 4 rings (SSSR count). The standard InChI is InChI=1S/C19H16N2O5/c22-18(21-7-9-26-17(11-21)19(23)24)13-10-15(16-6-3-8-25-16)20-14-5-2-1-4-12(13)14/h1-6,8,10,17H,7,9,11H2,(H,23,24)/t17-/m1/s1. The fourth-order valence-corrected chi connectivity index (χ4v) is 3.06. The quantitative estimate of drug-likeness (QED) is 0.778. The summed E-state index contributed by atoms with van der Waals surface area (Å²) in [5.41, 5.74) is 1.70. The molecule has 1 saturated heterocycles. The van der Waals surface area contributed by atoms with E-state index in [4.69, 9.17) is 14.3 Å². The minimum Gasteiger partial charge on any atom is -0.479 e. The number of hydrogen-bond donors (Lipinski definition) is 1. The third kappa shape index (κ3) is 2.93. The number of rotatable bonds is 3. The van der Waals surface area contributed by atoms with Gasteiger partial charge in [0, 0.05) is 11.9 Å². The number of carboxylic acid groups (broad SMARTS) is 1. The van der Waals surface area contributed by atoms with Gasteiger partial charge < -0.3 is 19.2 Å². The molecular formula is C19H16N2O5. The number of para-hydroxylation sites is 1. The summed E-state index contributed by atoms with van der Waals surface area (Å²) in [7, 11) is 0. The predicted octanol–water partition coefficient (Wildman–Crippen LogP) is 2.42. The van der Waals surface area contributed by atoms with E-state index in [1.165, 1.54) is 4.90 Å². The van der Waals surface area contributed by atoms with E-state index in [0.29, 0.717) is 34.5 Å². The molecule has 0 spiro atoms. The number of amides is 1. The summed E-state index contributed by atoms with van der Waals surface area (Å²) in [5, 5.41) is 9.88. The van der Waals surface area contributed by atoms with E-state index in [9.17, 15) is 9.59 Å². The largest absolute Gasteiger partial charge is 0.479 e. The lowest BCUT2D eigenvalue weighted by molar-refractivity contribution is -0.154. The maximum absolute atomic E-state index is 13.1. The molecular weight excluding hydrogens is 336 g/mol. The highest BCUT2D eigenvalue weighted by molar-refractivity contribution is 6.07. The van der Waals surface area contributed by atoms with Gasteiger partial charge in [-0.3, -0.25) is 4.79 Å². The maximum Gasteiger partial charge on any atom is 0.334 e. The number of benzene rings is 1. The number of carbonyl (C=O) groups excluding carboxylic acids is 1. The molecule has 1 aromatic carbocycles. The number of hydrogen-bond acceptors (Lipinski definition) is 5. The van der Waals surface area contributed by atoms with Crippen molar-refractivity contribution in [2.45, 2.75) is 6.10 Å². The SMILES string of the molecule is O=C(O)[C@H]1CN(C(=O)c2cc(-c3ccco3)nc3ccccc23)CCO1. The van der Waals surface area contributed by atoms with Crippen molar-refractivity contribution in [1.82, 2.24) is 9.88 Å². The highest BCUT2D eigenvalue weighted by Gasteiger charge is 2.30. The first kappa shape index (κ1) is 16.3. The Labute approximate surface area is 148 Å². The zero-order valence-corrected chi connectivity index (χ0v) is 13.8. The second kappa shape index (κ2) is 6.61. The number of morpholine rings is 1. The van der Waals surface area contributed by atoms with Crippen LogP contribution in [-0.2, 0) is 9.53 Å². The Hall–Kier alpha value is -3.19. The highest BCUT2D eigenvalue weighted by Crippen LogP contribution is 2.26. The van der Waals surface area contributed by atoms with E-state index in [1.807, 2.05) is 24.3 Å². The molecule has 7 nitrogen and oxygen atoms in total. The van der Waals surface area contributed by atoms with Crippen LogP contribution in [0.1, 0.15) is 10.4 Å². The Morgan fingerprint density at radius 1 is 1.19 bits per heavy atom. The normalized spacial score (nSPS) is 17.4. The molecule has 3 heterocycles. The van der Waals surface area contributed by atoms with Crippen LogP contribution < -0.4 is 0 Å². The fraction of sp³-hybridized carbons (Fsp3) is 0.211. The molecule has 0 unspecified atom stereocenters. The molecule has 1 N–H and O–H groups in total. The summed E-state index contributed by atoms with van der Waals surface area (Å²) >= 11 is 0. The number of ether oxygens (including phenoxy) is 1. The molecule has 1 aliphatic rings. The van der Waals surface area contributed by atoms with Crippen LogP contribution in [0.25, 0.3) is 22.4 Å². The van der Waals surface area contributed by atoms with E-state index in [0.717, 1.165) is 0 Å². The van der Waals surface area contributed by atoms with Crippen LogP contribution in [0.5, 0.6) is 0 Å². The van der Waals surface area contributed by atoms with Gasteiger partial charge in [-0.1, -0.05) is 18.2 Å². The molecule has 0 saturated carbocycles. The van der Waals surface area contributed by atoms with Gasteiger partial charge in [-0.2, -0.15) is 0 Å². The van der Waals surface area contributed by atoms with Gasteiger partial charge in [0.25, 0.3) is 5.91 Å². The predicted molar refractivity (Wildman–Crippen MR) is 92.7 cm³/mol. The summed E-state index contributed by atoms with van der Waals surface area (Å²) in [5.74, 6) is -0.750. The second-order valence-electron chi connectivity index (χ2n) is 6.00. The third-order valence-corrected chi connectivity index (χ3v) is 4.35. The van der Waals surface area contributed by atoms with Crippen LogP contribution in [0.15, 0.2) is 53.1 Å². The number of aromatic nitrogens is 1. The summed E-state index contributed by atoms with van der Waals surface area (Å²) in [6.45, 7) is 0.549. The molecule has 0 bridgehead atoms. The number of nitrogens with zero attached hydrogens (tertiary/aromatic N) is 2. The van der Waals surface area contributed by atoms with Crippen molar-refractivity contribution in [2.75, 3.05) is 19.7 Å². The molecule has 0 radical (unpaired) electrons. The molecule has 2 aromatic heterocycles. The van der Waals surface area contributed by atoms with Gasteiger partial charge in [-0.25, -0.2) is 9.78 Å². The molecule has 0 aliphatic carbocycles. The van der Waals surface area contributed by atoms with E-state index in [1.54, 1.807) is 24.5 Å². The zero-order valence-electron chi connectivity index (χ0n) is 13.8. The van der Waals surface area contributed by atoms with Crippen molar-refractivity contribution in [3.05, 3.63) is 54.3 Å². The van der Waals surface area contributed by atoms with Gasteiger partial charge in [0.15, 0.2) is 11.9 Å². The van der Waals surface area contributed by atoms with E-state index < -0.39 is 12.1 Å². The number of furan rings is 1. The molecule has 132 valence electrons. The van der Waals surface area contributed by atoms with Crippen LogP contribution in [0.2, 0.25) is 0 Å². The first-order valence-electron chi connectivity index (χ1n) is 8.21. The third-order valence-electron chi connectivity index (χ3n) is 4.35. The van der Waals surface area contributed by atoms with Crippen molar-refractivity contribution < 1.29 is 23.8 Å². The van der Waals surface area contributed by atoms with Gasteiger partial charge in [-0.05, 0) is 24.3 Å². The average Bonchev–Trinajstić information content (AvgIpc) is 3.21. The molecule has 1 amide bonds. The fourth-order valence-electron chi connectivity index (χ4n) is 3.06. The minimum atomic E-state index is -1.07. The zero-order chi connectivity index (χ0) is 18.1. The van der Waals surface area contributed by atoms with Crippen molar-refractivity contribution in [2.24, 2.45) is 0 Å². The first-order chi connectivity index (χ1) is 12.6. The Morgan fingerprint density at radius 2 is 2.04 bits per heavy atom. The van der Waals surface area contributed by atoms with Crippen LogP contribution in [0.4, 0.5) is 0 Å². The molecule has 3 aromatic rings. The van der Waals surface area contributed by atoms with Crippen molar-refractivity contribution in [3.63, 3.8) is 0 Å². The van der Waals surface area contributed by atoms with Gasteiger partial charge in [0.05, 0.1) is 30.5 Å². The van der Waals surface area contributed by atoms with Crippen LogP contribution in [-0.4, -0.2) is 52.7 Å². The lowest BCUT2D eigenvalue weighted by Crippen LogP contribution is -2.48. The van der Waals surface area contributed by atoms with Gasteiger partial charge in [-0.15, -0.1) is 0 Å². The molecule has 1 atom stereocenters. The maximum atomic E-state index is 13.1. The second-order valence-corrected chi connectivity index (χ2v) is 6.00. The van der Waals surface area contributed by atoms with E-state index in [2.05, 4.69) is 4.98 Å². The molecule has 26 heavy (non-hydrogen) atoms. The van der Waals surface area contributed by atoms with Gasteiger partial charge >= 0.3 is 5.97 Å². The number of pyridine rings is 1. The lowest BCUT2D eigenvalue weighted by atomic mass is 10.0. The van der Waals surface area contributed by atoms with Gasteiger partial charge in [0.2, 0.25) is 0 Å². The Balaban J connectivity index is 1.77. The summed E-state index contributed by atoms with van der Waals surface area (Å²) in [4.78, 5) is 30.4. The minimum absolute atomic E-state index is 0.0148. The lowest BCUT2D eigenvalue weighted by Gasteiger charge is -2.31. The van der Waals surface area contributed by atoms with Gasteiger partial charge in [0.1, 0.15) is 5.69 Å². The first-order valence-corrected chi connectivity index (χ1v) is 8.21. The van der Waals surface area contributed by atoms with Crippen molar-refractivity contribution >= 4 is 22.8 Å². The number of carbonyl (C=O) groups is 2. The molecule has 7 heteroatoms. The van der Waals surface area contributed by atoms with Crippen molar-refractivity contribution in [3.8, 4) is 11.5 Å². The number of fused-ring (bicyclic) bond motifs is 1. The van der Waals surface area contributed by atoms with E-state index >= 15 is 0 Å². The van der Waals surface area contributed by atoms with Crippen LogP contribution >= 0.6 is 0 Å². The molecule has 1 fully saturated rings. The number of carboxylic acids is 1. The number of aliphatic carboxylic acids is 1. The molecule has 1 aliphatic heterocycles. The summed E-state index contributed by atoms with van der Waals surface area (Å²) in [6.07, 6.45) is 0.540. The summed E-state index contributed by atoms with van der Waals surface area (Å²) in [6, 6.07) is 12.6. The highest BCUT2D eigenvalue weighted by atomic mass is 16.5. The Kier molecular flexibility index (Phi) is 4.14. The topological polar surface area (TPSA) is 92.9 Å². The van der Waals surface area contributed by atoms with Crippen LogP contribution in [0.3, 0.4) is 0 Å².